The number of halogens is 2. The summed E-state index contributed by atoms with van der Waals surface area (Å²) < 4.78 is 19.2. The Labute approximate surface area is 153 Å². The number of carbonyl (C=O) groups excluding carboxylic acids is 1. The number of hydrogen-bond acceptors (Lipinski definition) is 4. The Morgan fingerprint density at radius 1 is 1.32 bits per heavy atom. The molecule has 7 heteroatoms. The predicted molar refractivity (Wildman–Crippen MR) is 99.9 cm³/mol. The van der Waals surface area contributed by atoms with Crippen molar-refractivity contribution >= 4 is 46.2 Å². The van der Waals surface area contributed by atoms with Crippen molar-refractivity contribution in [1.82, 2.24) is 5.32 Å². The Morgan fingerprint density at radius 2 is 2.12 bits per heavy atom. The van der Waals surface area contributed by atoms with Crippen molar-refractivity contribution in [1.29, 1.82) is 0 Å². The monoisotopic (exact) mass is 376 g/mol. The Hall–Kier alpha value is -2.31. The zero-order chi connectivity index (χ0) is 18.0. The van der Waals surface area contributed by atoms with E-state index in [2.05, 4.69) is 10.3 Å². The molecular weight excluding hydrogens is 363 g/mol. The number of methoxy groups -OCH3 is 1. The van der Waals surface area contributed by atoms with Crippen LogP contribution in [0.4, 0.5) is 10.1 Å². The molecule has 0 bridgehead atoms. The molecule has 0 spiro atoms. The third-order valence-corrected chi connectivity index (χ3v) is 4.72. The molecule has 0 saturated carbocycles. The van der Waals surface area contributed by atoms with Crippen LogP contribution < -0.4 is 10.1 Å². The molecular formula is C18H14ClFN2O2S. The molecule has 4 nitrogen and oxygen atoms in total. The van der Waals surface area contributed by atoms with Gasteiger partial charge in [-0.1, -0.05) is 23.7 Å². The van der Waals surface area contributed by atoms with Gasteiger partial charge in [-0.25, -0.2) is 9.38 Å². The van der Waals surface area contributed by atoms with E-state index in [1.165, 1.54) is 18.2 Å². The highest BCUT2D eigenvalue weighted by atomic mass is 35.5. The highest BCUT2D eigenvalue weighted by Gasteiger charge is 2.25. The first kappa shape index (κ1) is 17.5. The van der Waals surface area contributed by atoms with Crippen LogP contribution in [0.1, 0.15) is 11.1 Å². The highest BCUT2D eigenvalue weighted by molar-refractivity contribution is 8.18. The molecule has 1 aliphatic rings. The minimum absolute atomic E-state index is 0.177. The van der Waals surface area contributed by atoms with E-state index in [4.69, 9.17) is 16.3 Å². The minimum atomic E-state index is -0.487. The number of nitrogens with zero attached hydrogens (tertiary/aromatic N) is 1. The summed E-state index contributed by atoms with van der Waals surface area (Å²) in [4.78, 5) is 16.9. The van der Waals surface area contributed by atoms with Gasteiger partial charge in [0, 0.05) is 5.56 Å². The maximum absolute atomic E-state index is 13.9. The number of nitrogens with one attached hydrogen (secondary N) is 1. The average molecular weight is 377 g/mol. The number of amides is 1. The van der Waals surface area contributed by atoms with Crippen molar-refractivity contribution in [3.05, 3.63) is 63.3 Å². The number of aryl methyl sites for hydroxylation is 1. The normalized spacial score (nSPS) is 17.2. The number of carbonyl (C=O) groups is 1. The van der Waals surface area contributed by atoms with Gasteiger partial charge in [-0.05, 0) is 54.6 Å². The van der Waals surface area contributed by atoms with Crippen LogP contribution in [-0.2, 0) is 4.79 Å². The maximum atomic E-state index is 13.9. The van der Waals surface area contributed by atoms with Crippen molar-refractivity contribution in [2.24, 2.45) is 4.99 Å². The fourth-order valence-corrected chi connectivity index (χ4v) is 3.29. The van der Waals surface area contributed by atoms with E-state index < -0.39 is 5.82 Å². The van der Waals surface area contributed by atoms with Crippen molar-refractivity contribution < 1.29 is 13.9 Å². The molecule has 0 radical (unpaired) electrons. The molecule has 2 aromatic rings. The Morgan fingerprint density at radius 3 is 2.84 bits per heavy atom. The lowest BCUT2D eigenvalue weighted by Gasteiger charge is -2.05. The standard InChI is InChI=1S/C18H14ClFN2O2S/c1-10-6-7-15(24-2)14(8-10)21-18-22-17(23)16(25-18)9-11-12(19)4-3-5-13(11)20/h3-9H,1-2H3,(H,21,22,23)/b16-9-. The van der Waals surface area contributed by atoms with Gasteiger partial charge in [0.25, 0.3) is 5.91 Å². The van der Waals surface area contributed by atoms with Crippen LogP contribution in [0.15, 0.2) is 46.3 Å². The summed E-state index contributed by atoms with van der Waals surface area (Å²) >= 11 is 7.13. The zero-order valence-electron chi connectivity index (χ0n) is 13.5. The SMILES string of the molecule is COc1ccc(C)cc1N=C1NC(=O)/C(=C/c2c(F)cccc2Cl)S1. The second kappa shape index (κ2) is 7.29. The van der Waals surface area contributed by atoms with Crippen molar-refractivity contribution in [3.63, 3.8) is 0 Å². The topological polar surface area (TPSA) is 50.7 Å². The van der Waals surface area contributed by atoms with Gasteiger partial charge in [0.2, 0.25) is 0 Å². The quantitative estimate of drug-likeness (QED) is 0.791. The van der Waals surface area contributed by atoms with E-state index in [1.54, 1.807) is 13.2 Å². The van der Waals surface area contributed by atoms with E-state index in [0.717, 1.165) is 17.3 Å². The number of amidine groups is 1. The molecule has 128 valence electrons. The largest absolute Gasteiger partial charge is 0.494 e. The van der Waals surface area contributed by atoms with E-state index in [0.29, 0.717) is 21.5 Å². The lowest BCUT2D eigenvalue weighted by Crippen LogP contribution is -2.19. The summed E-state index contributed by atoms with van der Waals surface area (Å²) in [5.41, 5.74) is 1.80. The van der Waals surface area contributed by atoms with Crippen molar-refractivity contribution in [3.8, 4) is 5.75 Å². The molecule has 1 fully saturated rings. The van der Waals surface area contributed by atoms with Crippen LogP contribution in [0, 0.1) is 12.7 Å². The van der Waals surface area contributed by atoms with Crippen LogP contribution in [0.2, 0.25) is 5.02 Å². The average Bonchev–Trinajstić information content (AvgIpc) is 2.91. The summed E-state index contributed by atoms with van der Waals surface area (Å²) in [5, 5.41) is 3.31. The van der Waals surface area contributed by atoms with Gasteiger partial charge in [0.1, 0.15) is 17.3 Å². The summed E-state index contributed by atoms with van der Waals surface area (Å²) in [6.45, 7) is 1.94. The fourth-order valence-electron chi connectivity index (χ4n) is 2.26. The second-order valence-electron chi connectivity index (χ2n) is 5.29. The number of aliphatic imine (C=N–C) groups is 1. The molecule has 2 aromatic carbocycles. The predicted octanol–water partition coefficient (Wildman–Crippen LogP) is 4.69. The van der Waals surface area contributed by atoms with Gasteiger partial charge in [0.05, 0.1) is 17.0 Å². The Kier molecular flexibility index (Phi) is 5.11. The molecule has 0 unspecified atom stereocenters. The van der Waals surface area contributed by atoms with E-state index in [9.17, 15) is 9.18 Å². The highest BCUT2D eigenvalue weighted by Crippen LogP contribution is 2.33. The van der Waals surface area contributed by atoms with Crippen LogP contribution in [0.5, 0.6) is 5.75 Å². The van der Waals surface area contributed by atoms with Gasteiger partial charge in [-0.15, -0.1) is 0 Å². The Bertz CT molecular complexity index is 892. The van der Waals surface area contributed by atoms with E-state index in [-0.39, 0.29) is 16.5 Å². The van der Waals surface area contributed by atoms with E-state index in [1.807, 2.05) is 25.1 Å². The molecule has 0 aromatic heterocycles. The third kappa shape index (κ3) is 3.86. The molecule has 0 atom stereocenters. The van der Waals surface area contributed by atoms with Gasteiger partial charge in [-0.2, -0.15) is 0 Å². The number of thioether (sulfide) groups is 1. The molecule has 1 saturated heterocycles. The third-order valence-electron chi connectivity index (χ3n) is 3.48. The van der Waals surface area contributed by atoms with Crippen LogP contribution in [0.25, 0.3) is 6.08 Å². The minimum Gasteiger partial charge on any atom is -0.494 e. The number of hydrogen-bond donors (Lipinski definition) is 1. The van der Waals surface area contributed by atoms with Gasteiger partial charge in [0.15, 0.2) is 5.17 Å². The van der Waals surface area contributed by atoms with Crippen molar-refractivity contribution in [2.45, 2.75) is 6.92 Å². The smallest absolute Gasteiger partial charge is 0.264 e. The first-order chi connectivity index (χ1) is 12.0. The van der Waals surface area contributed by atoms with Crippen LogP contribution in [-0.4, -0.2) is 18.2 Å². The maximum Gasteiger partial charge on any atom is 0.264 e. The van der Waals surface area contributed by atoms with Gasteiger partial charge in [-0.3, -0.25) is 4.79 Å². The van der Waals surface area contributed by atoms with Crippen LogP contribution >= 0.6 is 23.4 Å². The second-order valence-corrected chi connectivity index (χ2v) is 6.73. The number of ether oxygens (including phenoxy) is 1. The molecule has 1 heterocycles. The van der Waals surface area contributed by atoms with E-state index >= 15 is 0 Å². The molecule has 1 aliphatic heterocycles. The van der Waals surface area contributed by atoms with Gasteiger partial charge < -0.3 is 10.1 Å². The van der Waals surface area contributed by atoms with Gasteiger partial charge >= 0.3 is 0 Å². The zero-order valence-corrected chi connectivity index (χ0v) is 15.0. The first-order valence-electron chi connectivity index (χ1n) is 7.36. The molecule has 25 heavy (non-hydrogen) atoms. The lowest BCUT2D eigenvalue weighted by molar-refractivity contribution is -0.115. The summed E-state index contributed by atoms with van der Waals surface area (Å²) in [6.07, 6.45) is 1.42. The molecule has 0 aliphatic carbocycles. The number of rotatable bonds is 3. The summed E-state index contributed by atoms with van der Waals surface area (Å²) in [6, 6.07) is 9.95. The molecule has 1 N–H and O–H groups in total. The summed E-state index contributed by atoms with van der Waals surface area (Å²) in [7, 11) is 1.56. The fraction of sp³-hybridized carbons (Fsp3) is 0.111. The molecule has 3 rings (SSSR count). The first-order valence-corrected chi connectivity index (χ1v) is 8.55. The Balaban J connectivity index is 1.93. The lowest BCUT2D eigenvalue weighted by atomic mass is 10.2. The van der Waals surface area contributed by atoms with Crippen LogP contribution in [0.3, 0.4) is 0 Å². The van der Waals surface area contributed by atoms with Crippen molar-refractivity contribution in [2.75, 3.05) is 7.11 Å². The molecule has 1 amide bonds. The summed E-state index contributed by atoms with van der Waals surface area (Å²) in [5.74, 6) is -0.239. The number of benzene rings is 2.